The highest BCUT2D eigenvalue weighted by molar-refractivity contribution is 5.92. The summed E-state index contributed by atoms with van der Waals surface area (Å²) in [4.78, 5) is 15.6. The summed E-state index contributed by atoms with van der Waals surface area (Å²) in [5.74, 6) is -0.515. The first kappa shape index (κ1) is 12.0. The SMILES string of the molecule is NCC1CCCC1C(=O)Nc1ccncc1F. The minimum atomic E-state index is -0.511. The van der Waals surface area contributed by atoms with Gasteiger partial charge in [0.25, 0.3) is 0 Å². The Labute approximate surface area is 99.4 Å². The predicted molar refractivity (Wildman–Crippen MR) is 62.7 cm³/mol. The number of anilines is 1. The molecular formula is C12H16FN3O. The number of amides is 1. The van der Waals surface area contributed by atoms with Gasteiger partial charge in [-0.2, -0.15) is 0 Å². The lowest BCUT2D eigenvalue weighted by Crippen LogP contribution is -2.30. The molecule has 92 valence electrons. The van der Waals surface area contributed by atoms with Crippen LogP contribution in [0.5, 0.6) is 0 Å². The van der Waals surface area contributed by atoms with E-state index in [1.807, 2.05) is 0 Å². The Morgan fingerprint density at radius 3 is 3.12 bits per heavy atom. The molecule has 2 atom stereocenters. The van der Waals surface area contributed by atoms with Gasteiger partial charge in [-0.3, -0.25) is 9.78 Å². The lowest BCUT2D eigenvalue weighted by Gasteiger charge is -2.17. The van der Waals surface area contributed by atoms with Crippen LogP contribution >= 0.6 is 0 Å². The molecule has 0 bridgehead atoms. The number of nitrogens with one attached hydrogen (secondary N) is 1. The number of hydrogen-bond donors (Lipinski definition) is 2. The molecule has 1 aliphatic carbocycles. The Hall–Kier alpha value is -1.49. The fourth-order valence-corrected chi connectivity index (χ4v) is 2.37. The first-order chi connectivity index (χ1) is 8.22. The fourth-order valence-electron chi connectivity index (χ4n) is 2.37. The molecule has 1 heterocycles. The first-order valence-corrected chi connectivity index (χ1v) is 5.83. The third-order valence-corrected chi connectivity index (χ3v) is 3.33. The van der Waals surface area contributed by atoms with E-state index in [4.69, 9.17) is 5.73 Å². The van der Waals surface area contributed by atoms with Gasteiger partial charge in [-0.1, -0.05) is 6.42 Å². The van der Waals surface area contributed by atoms with Gasteiger partial charge in [0.05, 0.1) is 11.9 Å². The average Bonchev–Trinajstić information content (AvgIpc) is 2.80. The molecule has 2 unspecified atom stereocenters. The van der Waals surface area contributed by atoms with Gasteiger partial charge in [0.2, 0.25) is 5.91 Å². The van der Waals surface area contributed by atoms with Crippen LogP contribution < -0.4 is 11.1 Å². The maximum absolute atomic E-state index is 13.3. The lowest BCUT2D eigenvalue weighted by molar-refractivity contribution is -0.120. The number of carbonyl (C=O) groups excluding carboxylic acids is 1. The second kappa shape index (κ2) is 5.23. The van der Waals surface area contributed by atoms with E-state index in [0.29, 0.717) is 6.54 Å². The third kappa shape index (κ3) is 2.61. The maximum atomic E-state index is 13.3. The van der Waals surface area contributed by atoms with Crippen molar-refractivity contribution in [2.75, 3.05) is 11.9 Å². The molecule has 0 radical (unpaired) electrons. The van der Waals surface area contributed by atoms with Crippen LogP contribution in [0.15, 0.2) is 18.5 Å². The van der Waals surface area contributed by atoms with Gasteiger partial charge in [0.15, 0.2) is 5.82 Å². The summed E-state index contributed by atoms with van der Waals surface area (Å²) in [5.41, 5.74) is 5.81. The van der Waals surface area contributed by atoms with Gasteiger partial charge in [-0.05, 0) is 31.4 Å². The summed E-state index contributed by atoms with van der Waals surface area (Å²) < 4.78 is 13.3. The number of halogens is 1. The fraction of sp³-hybridized carbons (Fsp3) is 0.500. The molecule has 0 aromatic carbocycles. The molecule has 17 heavy (non-hydrogen) atoms. The van der Waals surface area contributed by atoms with Crippen molar-refractivity contribution in [3.8, 4) is 0 Å². The van der Waals surface area contributed by atoms with E-state index in [-0.39, 0.29) is 23.4 Å². The van der Waals surface area contributed by atoms with Crippen LogP contribution in [0.2, 0.25) is 0 Å². The Morgan fingerprint density at radius 1 is 1.59 bits per heavy atom. The van der Waals surface area contributed by atoms with Gasteiger partial charge in [0, 0.05) is 12.1 Å². The van der Waals surface area contributed by atoms with Crippen molar-refractivity contribution >= 4 is 11.6 Å². The van der Waals surface area contributed by atoms with E-state index in [9.17, 15) is 9.18 Å². The van der Waals surface area contributed by atoms with Crippen LogP contribution in [0.1, 0.15) is 19.3 Å². The molecule has 2 rings (SSSR count). The van der Waals surface area contributed by atoms with Crippen LogP contribution in [0.25, 0.3) is 0 Å². The standard InChI is InChI=1S/C12H16FN3O/c13-10-7-15-5-4-11(10)16-12(17)9-3-1-2-8(9)6-14/h4-5,7-9H,1-3,6,14H2,(H,15,16,17). The number of pyridine rings is 1. The van der Waals surface area contributed by atoms with Crippen molar-refractivity contribution in [2.45, 2.75) is 19.3 Å². The predicted octanol–water partition coefficient (Wildman–Crippen LogP) is 1.53. The topological polar surface area (TPSA) is 68.0 Å². The Morgan fingerprint density at radius 2 is 2.41 bits per heavy atom. The number of nitrogens with zero attached hydrogens (tertiary/aromatic N) is 1. The van der Waals surface area contributed by atoms with Crippen LogP contribution in [-0.2, 0) is 4.79 Å². The number of rotatable bonds is 3. The smallest absolute Gasteiger partial charge is 0.227 e. The molecule has 5 heteroatoms. The minimum absolute atomic E-state index is 0.0902. The normalized spacial score (nSPS) is 23.6. The van der Waals surface area contributed by atoms with Crippen molar-refractivity contribution in [1.29, 1.82) is 0 Å². The van der Waals surface area contributed by atoms with E-state index in [2.05, 4.69) is 10.3 Å². The molecule has 1 saturated carbocycles. The van der Waals surface area contributed by atoms with Crippen LogP contribution in [-0.4, -0.2) is 17.4 Å². The van der Waals surface area contributed by atoms with Crippen LogP contribution in [0.4, 0.5) is 10.1 Å². The minimum Gasteiger partial charge on any atom is -0.330 e. The molecule has 1 aliphatic rings. The van der Waals surface area contributed by atoms with Gasteiger partial charge < -0.3 is 11.1 Å². The summed E-state index contributed by atoms with van der Waals surface area (Å²) >= 11 is 0. The molecule has 1 amide bonds. The number of carbonyl (C=O) groups is 1. The quantitative estimate of drug-likeness (QED) is 0.837. The van der Waals surface area contributed by atoms with E-state index in [1.54, 1.807) is 0 Å². The van der Waals surface area contributed by atoms with Crippen molar-refractivity contribution in [3.05, 3.63) is 24.3 Å². The zero-order valence-electron chi connectivity index (χ0n) is 9.53. The van der Waals surface area contributed by atoms with Crippen molar-refractivity contribution in [1.82, 2.24) is 4.98 Å². The summed E-state index contributed by atoms with van der Waals surface area (Å²) in [6, 6.07) is 1.46. The van der Waals surface area contributed by atoms with Gasteiger partial charge in [0.1, 0.15) is 0 Å². The highest BCUT2D eigenvalue weighted by Crippen LogP contribution is 2.31. The Bertz CT molecular complexity index is 410. The van der Waals surface area contributed by atoms with Gasteiger partial charge in [-0.15, -0.1) is 0 Å². The summed E-state index contributed by atoms with van der Waals surface area (Å²) in [6.07, 6.45) is 5.37. The second-order valence-corrected chi connectivity index (χ2v) is 4.38. The van der Waals surface area contributed by atoms with Gasteiger partial charge >= 0.3 is 0 Å². The molecular weight excluding hydrogens is 221 g/mol. The summed E-state index contributed by atoms with van der Waals surface area (Å²) in [6.45, 7) is 0.511. The van der Waals surface area contributed by atoms with Crippen LogP contribution in [0, 0.1) is 17.7 Å². The second-order valence-electron chi connectivity index (χ2n) is 4.38. The summed E-state index contributed by atoms with van der Waals surface area (Å²) in [5, 5.41) is 2.61. The number of aromatic nitrogens is 1. The van der Waals surface area contributed by atoms with Crippen molar-refractivity contribution in [2.24, 2.45) is 17.6 Å². The van der Waals surface area contributed by atoms with Gasteiger partial charge in [-0.25, -0.2) is 4.39 Å². The molecule has 4 nitrogen and oxygen atoms in total. The molecule has 0 saturated heterocycles. The maximum Gasteiger partial charge on any atom is 0.227 e. The molecule has 3 N–H and O–H groups in total. The number of hydrogen-bond acceptors (Lipinski definition) is 3. The highest BCUT2D eigenvalue weighted by Gasteiger charge is 2.32. The Balaban J connectivity index is 2.04. The first-order valence-electron chi connectivity index (χ1n) is 5.83. The lowest BCUT2D eigenvalue weighted by atomic mass is 9.95. The average molecular weight is 237 g/mol. The molecule has 1 aromatic rings. The monoisotopic (exact) mass is 237 g/mol. The van der Waals surface area contributed by atoms with E-state index in [0.717, 1.165) is 25.5 Å². The number of nitrogens with two attached hydrogens (primary N) is 1. The third-order valence-electron chi connectivity index (χ3n) is 3.33. The van der Waals surface area contributed by atoms with Crippen LogP contribution in [0.3, 0.4) is 0 Å². The molecule has 1 aromatic heterocycles. The zero-order chi connectivity index (χ0) is 12.3. The van der Waals surface area contributed by atoms with Crippen molar-refractivity contribution in [3.63, 3.8) is 0 Å². The molecule has 0 spiro atoms. The Kier molecular flexibility index (Phi) is 3.68. The highest BCUT2D eigenvalue weighted by atomic mass is 19.1. The largest absolute Gasteiger partial charge is 0.330 e. The van der Waals surface area contributed by atoms with E-state index >= 15 is 0 Å². The zero-order valence-corrected chi connectivity index (χ0v) is 9.53. The molecule has 0 aliphatic heterocycles. The van der Waals surface area contributed by atoms with E-state index < -0.39 is 5.82 Å². The van der Waals surface area contributed by atoms with E-state index in [1.165, 1.54) is 12.3 Å². The molecule has 1 fully saturated rings. The summed E-state index contributed by atoms with van der Waals surface area (Å²) in [7, 11) is 0. The van der Waals surface area contributed by atoms with Crippen molar-refractivity contribution < 1.29 is 9.18 Å².